The second-order valence-electron chi connectivity index (χ2n) is 11.2. The van der Waals surface area contributed by atoms with E-state index in [1.54, 1.807) is 48.5 Å². The summed E-state index contributed by atoms with van der Waals surface area (Å²) >= 11 is 6.19. The number of carbonyl (C=O) groups is 1. The lowest BCUT2D eigenvalue weighted by Crippen LogP contribution is -2.52. The van der Waals surface area contributed by atoms with Crippen molar-refractivity contribution in [3.8, 4) is 6.01 Å². The average molecular weight is 586 g/mol. The van der Waals surface area contributed by atoms with E-state index in [0.717, 1.165) is 12.8 Å². The first kappa shape index (κ1) is 28.6. The van der Waals surface area contributed by atoms with E-state index in [2.05, 4.69) is 41.1 Å². The van der Waals surface area contributed by atoms with Gasteiger partial charge in [-0.15, -0.1) is 0 Å². The highest BCUT2D eigenvalue weighted by Crippen LogP contribution is 2.36. The van der Waals surface area contributed by atoms with Crippen LogP contribution in [-0.2, 0) is 14.6 Å². The van der Waals surface area contributed by atoms with Crippen LogP contribution in [-0.4, -0.2) is 82.7 Å². The van der Waals surface area contributed by atoms with Crippen molar-refractivity contribution in [2.45, 2.75) is 68.6 Å². The van der Waals surface area contributed by atoms with Crippen molar-refractivity contribution in [3.63, 3.8) is 0 Å². The maximum absolute atomic E-state index is 13.8. The molecule has 0 unspecified atom stereocenters. The molecular formula is C29H36ClN5O4S. The number of amides is 1. The molecule has 0 radical (unpaired) electrons. The fourth-order valence-corrected chi connectivity index (χ4v) is 8.00. The molecule has 2 aromatic carbocycles. The van der Waals surface area contributed by atoms with Crippen LogP contribution < -0.4 is 5.32 Å². The summed E-state index contributed by atoms with van der Waals surface area (Å²) in [5.74, 6) is 0.0526. The minimum Gasteiger partial charge on any atom is -0.479 e. The predicted octanol–water partition coefficient (Wildman–Crippen LogP) is 4.35. The molecule has 2 fully saturated rings. The number of benzene rings is 2. The van der Waals surface area contributed by atoms with Crippen LogP contribution in [0.2, 0.25) is 5.02 Å². The number of likely N-dealkylation sites (tertiary alicyclic amines) is 1. The van der Waals surface area contributed by atoms with Crippen LogP contribution in [0.1, 0.15) is 39.5 Å². The lowest BCUT2D eigenvalue weighted by atomic mass is 9.81. The highest BCUT2D eigenvalue weighted by molar-refractivity contribution is 7.91. The number of carbonyl (C=O) groups excluding carboxylic acids is 1. The molecule has 40 heavy (non-hydrogen) atoms. The molecule has 1 aliphatic carbocycles. The number of sulfone groups is 1. The highest BCUT2D eigenvalue weighted by atomic mass is 35.5. The van der Waals surface area contributed by atoms with E-state index in [0.29, 0.717) is 52.1 Å². The van der Waals surface area contributed by atoms with Crippen molar-refractivity contribution < 1.29 is 18.3 Å². The topological polar surface area (TPSA) is 116 Å². The van der Waals surface area contributed by atoms with Crippen molar-refractivity contribution in [1.82, 2.24) is 19.8 Å². The fourth-order valence-electron chi connectivity index (χ4n) is 6.14. The fraction of sp³-hybridized carbons (Fsp3) is 0.483. The molecule has 0 bridgehead atoms. The monoisotopic (exact) mass is 585 g/mol. The maximum Gasteiger partial charge on any atom is 0.316 e. The zero-order chi connectivity index (χ0) is 28.6. The molecule has 9 nitrogen and oxygen atoms in total. The van der Waals surface area contributed by atoms with Gasteiger partial charge in [-0.2, -0.15) is 9.97 Å². The van der Waals surface area contributed by atoms with Crippen LogP contribution in [0.15, 0.2) is 53.4 Å². The van der Waals surface area contributed by atoms with Crippen LogP contribution >= 0.6 is 11.6 Å². The van der Waals surface area contributed by atoms with Gasteiger partial charge in [0.25, 0.3) is 0 Å². The smallest absolute Gasteiger partial charge is 0.316 e. The molecule has 2 N–H and O–H groups in total. The van der Waals surface area contributed by atoms with E-state index in [1.165, 1.54) is 0 Å². The number of halogens is 1. The lowest BCUT2D eigenvalue weighted by Gasteiger charge is -2.44. The number of fused-ring (bicyclic) bond motifs is 1. The third-order valence-electron chi connectivity index (χ3n) is 8.44. The van der Waals surface area contributed by atoms with Gasteiger partial charge in [-0.25, -0.2) is 8.42 Å². The summed E-state index contributed by atoms with van der Waals surface area (Å²) in [6, 6.07) is 13.1. The third-order valence-corrected chi connectivity index (χ3v) is 10.5. The maximum atomic E-state index is 13.8. The number of hydrogen-bond acceptors (Lipinski definition) is 8. The van der Waals surface area contributed by atoms with Gasteiger partial charge in [0.15, 0.2) is 9.84 Å². The van der Waals surface area contributed by atoms with Crippen LogP contribution in [0, 0.1) is 5.92 Å². The Bertz CT molecular complexity index is 1490. The summed E-state index contributed by atoms with van der Waals surface area (Å²) in [5, 5.41) is 14.4. The van der Waals surface area contributed by atoms with Crippen LogP contribution in [0.25, 0.3) is 10.9 Å². The second-order valence-corrected chi connectivity index (χ2v) is 13.7. The molecule has 3 aromatic rings. The summed E-state index contributed by atoms with van der Waals surface area (Å²) < 4.78 is 26.9. The van der Waals surface area contributed by atoms with Gasteiger partial charge in [-0.05, 0) is 82.8 Å². The predicted molar refractivity (Wildman–Crippen MR) is 156 cm³/mol. The van der Waals surface area contributed by atoms with E-state index in [4.69, 9.17) is 11.6 Å². The van der Waals surface area contributed by atoms with Gasteiger partial charge in [0.2, 0.25) is 5.91 Å². The van der Waals surface area contributed by atoms with Gasteiger partial charge in [0.05, 0.1) is 16.2 Å². The van der Waals surface area contributed by atoms with Gasteiger partial charge in [0.1, 0.15) is 11.9 Å². The molecule has 5 rings (SSSR count). The molecular weight excluding hydrogens is 550 g/mol. The largest absolute Gasteiger partial charge is 0.479 e. The SMILES string of the molecule is CC(C)N(C)[C@@H]1CC[C@H](N2CC[C@H](Nc3nc(O)nc4ccc(Cl)cc34)C2=O)[C@@H](CS(=O)(=O)c2ccccc2)C1. The standard InChI is InChI=1S/C29H36ClN5O4S/c1-18(2)34(3)21-10-12-26(19(15-21)17-40(38,39)22-7-5-4-6-8-22)35-14-13-25(28(35)36)31-27-23-16-20(30)9-11-24(23)32-29(37)33-27/h4-9,11,16,18-19,21,25-26H,10,12-15,17H2,1-3H3,(H2,31,32,33,37)/t19-,21-,25+,26+/m1/s1. The van der Waals surface area contributed by atoms with Gasteiger partial charge in [-0.3, -0.25) is 4.79 Å². The minimum absolute atomic E-state index is 0.00505. The Hall–Kier alpha value is -2.95. The Kier molecular flexibility index (Phi) is 8.22. The van der Waals surface area contributed by atoms with Gasteiger partial charge in [0, 0.05) is 35.1 Å². The summed E-state index contributed by atoms with van der Waals surface area (Å²) in [6.07, 6.45) is 2.87. The quantitative estimate of drug-likeness (QED) is 0.401. The minimum atomic E-state index is -3.53. The van der Waals surface area contributed by atoms with Crippen molar-refractivity contribution in [3.05, 3.63) is 53.6 Å². The summed E-state index contributed by atoms with van der Waals surface area (Å²) in [7, 11) is -1.44. The average Bonchev–Trinajstić information content (AvgIpc) is 3.28. The molecule has 1 saturated heterocycles. The van der Waals surface area contributed by atoms with Gasteiger partial charge >= 0.3 is 6.01 Å². The molecule has 4 atom stereocenters. The Balaban J connectivity index is 1.39. The normalized spacial score (nSPS) is 23.9. The highest BCUT2D eigenvalue weighted by Gasteiger charge is 2.44. The molecule has 1 aromatic heterocycles. The number of aromatic nitrogens is 2. The summed E-state index contributed by atoms with van der Waals surface area (Å²) in [5.41, 5.74) is 0.514. The first-order chi connectivity index (χ1) is 19.0. The molecule has 11 heteroatoms. The number of nitrogens with one attached hydrogen (secondary N) is 1. The van der Waals surface area contributed by atoms with Crippen molar-refractivity contribution in [1.29, 1.82) is 0 Å². The first-order valence-corrected chi connectivity index (χ1v) is 15.8. The number of anilines is 1. The van der Waals surface area contributed by atoms with E-state index in [-0.39, 0.29) is 29.7 Å². The first-order valence-electron chi connectivity index (χ1n) is 13.8. The van der Waals surface area contributed by atoms with Crippen molar-refractivity contribution in [2.75, 3.05) is 24.7 Å². The van der Waals surface area contributed by atoms with Crippen LogP contribution in [0.5, 0.6) is 6.01 Å². The lowest BCUT2D eigenvalue weighted by molar-refractivity contribution is -0.132. The Morgan fingerprint density at radius 2 is 1.88 bits per heavy atom. The Morgan fingerprint density at radius 3 is 2.60 bits per heavy atom. The molecule has 214 valence electrons. The van der Waals surface area contributed by atoms with Crippen LogP contribution in [0.4, 0.5) is 5.82 Å². The number of nitrogens with zero attached hydrogens (tertiary/aromatic N) is 4. The zero-order valence-corrected chi connectivity index (χ0v) is 24.6. The summed E-state index contributed by atoms with van der Waals surface area (Å²) in [4.78, 5) is 26.5. The second kappa shape index (κ2) is 11.5. The molecule has 0 spiro atoms. The number of rotatable bonds is 8. The van der Waals surface area contributed by atoms with E-state index < -0.39 is 21.9 Å². The Labute approximate surface area is 240 Å². The van der Waals surface area contributed by atoms with Crippen LogP contribution in [0.3, 0.4) is 0 Å². The van der Waals surface area contributed by atoms with Crippen molar-refractivity contribution >= 4 is 44.1 Å². The van der Waals surface area contributed by atoms with Gasteiger partial charge in [-0.1, -0.05) is 29.8 Å². The third kappa shape index (κ3) is 5.89. The molecule has 1 amide bonds. The number of hydrogen-bond donors (Lipinski definition) is 2. The molecule has 1 aliphatic heterocycles. The van der Waals surface area contributed by atoms with E-state index >= 15 is 0 Å². The summed E-state index contributed by atoms with van der Waals surface area (Å²) in [6.45, 7) is 4.80. The zero-order valence-electron chi connectivity index (χ0n) is 23.0. The van der Waals surface area contributed by atoms with E-state index in [1.807, 2.05) is 4.90 Å². The van der Waals surface area contributed by atoms with Gasteiger partial charge < -0.3 is 20.2 Å². The molecule has 2 heterocycles. The molecule has 2 aliphatic rings. The Morgan fingerprint density at radius 1 is 1.12 bits per heavy atom. The van der Waals surface area contributed by atoms with Crippen molar-refractivity contribution in [2.24, 2.45) is 5.92 Å². The van der Waals surface area contributed by atoms with E-state index in [9.17, 15) is 18.3 Å². The molecule has 1 saturated carbocycles. The number of aromatic hydroxyl groups is 1.